The Kier molecular flexibility index (Phi) is 3.84. The Morgan fingerprint density at radius 3 is 2.71 bits per heavy atom. The zero-order chi connectivity index (χ0) is 14.8. The van der Waals surface area contributed by atoms with Crippen LogP contribution in [-0.4, -0.2) is 4.57 Å². The number of rotatable bonds is 4. The summed E-state index contributed by atoms with van der Waals surface area (Å²) in [5, 5.41) is 1.81. The van der Waals surface area contributed by atoms with Crippen LogP contribution >= 0.6 is 11.6 Å². The van der Waals surface area contributed by atoms with Crippen molar-refractivity contribution in [3.8, 4) is 5.75 Å². The SMILES string of the molecule is CCn1c(COc2ccccc2F)cc2ccc(Cl)cc21. The van der Waals surface area contributed by atoms with Gasteiger partial charge in [-0.25, -0.2) is 4.39 Å². The minimum absolute atomic E-state index is 0.267. The molecular weight excluding hydrogens is 289 g/mol. The molecule has 0 saturated carbocycles. The van der Waals surface area contributed by atoms with Gasteiger partial charge in [0.05, 0.1) is 5.69 Å². The number of hydrogen-bond donors (Lipinski definition) is 0. The Morgan fingerprint density at radius 1 is 1.14 bits per heavy atom. The lowest BCUT2D eigenvalue weighted by atomic mass is 10.2. The van der Waals surface area contributed by atoms with E-state index in [-0.39, 0.29) is 11.6 Å². The van der Waals surface area contributed by atoms with Crippen molar-refractivity contribution in [3.05, 3.63) is 65.1 Å². The van der Waals surface area contributed by atoms with E-state index in [2.05, 4.69) is 17.6 Å². The number of para-hydroxylation sites is 1. The molecule has 0 aliphatic carbocycles. The van der Waals surface area contributed by atoms with Crippen molar-refractivity contribution >= 4 is 22.5 Å². The average Bonchev–Trinajstić information content (AvgIpc) is 2.83. The van der Waals surface area contributed by atoms with Crippen LogP contribution < -0.4 is 4.74 Å². The molecule has 1 aromatic heterocycles. The molecule has 0 unspecified atom stereocenters. The van der Waals surface area contributed by atoms with E-state index < -0.39 is 0 Å². The van der Waals surface area contributed by atoms with Gasteiger partial charge in [0.25, 0.3) is 0 Å². The maximum absolute atomic E-state index is 13.6. The quantitative estimate of drug-likeness (QED) is 0.659. The summed E-state index contributed by atoms with van der Waals surface area (Å²) in [6, 6.07) is 14.3. The third kappa shape index (κ3) is 2.74. The first-order valence-corrected chi connectivity index (χ1v) is 7.22. The fraction of sp³-hybridized carbons (Fsp3) is 0.176. The maximum Gasteiger partial charge on any atom is 0.165 e. The van der Waals surface area contributed by atoms with Crippen molar-refractivity contribution in [2.75, 3.05) is 0 Å². The van der Waals surface area contributed by atoms with Crippen LogP contribution in [0.25, 0.3) is 10.9 Å². The van der Waals surface area contributed by atoms with Crippen LogP contribution in [0.3, 0.4) is 0 Å². The lowest BCUT2D eigenvalue weighted by Crippen LogP contribution is -2.05. The molecule has 0 N–H and O–H groups in total. The number of aryl methyl sites for hydroxylation is 1. The largest absolute Gasteiger partial charge is 0.484 e. The van der Waals surface area contributed by atoms with Crippen molar-refractivity contribution in [3.63, 3.8) is 0 Å². The van der Waals surface area contributed by atoms with Gasteiger partial charge in [0.2, 0.25) is 0 Å². The molecule has 2 aromatic carbocycles. The van der Waals surface area contributed by atoms with E-state index in [0.29, 0.717) is 11.6 Å². The number of hydrogen-bond acceptors (Lipinski definition) is 1. The summed E-state index contributed by atoms with van der Waals surface area (Å²) in [7, 11) is 0. The molecule has 0 fully saturated rings. The first kappa shape index (κ1) is 14.0. The zero-order valence-electron chi connectivity index (χ0n) is 11.6. The van der Waals surface area contributed by atoms with E-state index in [1.807, 2.05) is 18.2 Å². The molecule has 0 atom stereocenters. The molecule has 0 radical (unpaired) electrons. The van der Waals surface area contributed by atoms with Gasteiger partial charge in [0.1, 0.15) is 6.61 Å². The molecule has 108 valence electrons. The molecule has 3 aromatic rings. The summed E-state index contributed by atoms with van der Waals surface area (Å²) < 4.78 is 21.3. The number of benzene rings is 2. The van der Waals surface area contributed by atoms with E-state index in [1.165, 1.54) is 6.07 Å². The van der Waals surface area contributed by atoms with Gasteiger partial charge in [0.15, 0.2) is 11.6 Å². The van der Waals surface area contributed by atoms with Crippen LogP contribution in [-0.2, 0) is 13.2 Å². The van der Waals surface area contributed by atoms with E-state index >= 15 is 0 Å². The number of aromatic nitrogens is 1. The first-order valence-electron chi connectivity index (χ1n) is 6.84. The summed E-state index contributed by atoms with van der Waals surface area (Å²) >= 11 is 6.06. The van der Waals surface area contributed by atoms with Gasteiger partial charge in [-0.2, -0.15) is 0 Å². The third-order valence-electron chi connectivity index (χ3n) is 3.48. The van der Waals surface area contributed by atoms with Crippen LogP contribution in [0.5, 0.6) is 5.75 Å². The Labute approximate surface area is 127 Å². The van der Waals surface area contributed by atoms with E-state index in [4.69, 9.17) is 16.3 Å². The molecule has 2 nitrogen and oxygen atoms in total. The summed E-state index contributed by atoms with van der Waals surface area (Å²) in [5.41, 5.74) is 2.06. The van der Waals surface area contributed by atoms with Gasteiger partial charge in [-0.05, 0) is 37.3 Å². The highest BCUT2D eigenvalue weighted by molar-refractivity contribution is 6.31. The Morgan fingerprint density at radius 2 is 1.95 bits per heavy atom. The van der Waals surface area contributed by atoms with Gasteiger partial charge in [0, 0.05) is 22.5 Å². The standard InChI is InChI=1S/C17H15ClFNO/c1-2-20-14(9-12-7-8-13(18)10-16(12)20)11-21-17-6-4-3-5-15(17)19/h3-10H,2,11H2,1H3. The summed E-state index contributed by atoms with van der Waals surface area (Å²) in [6.07, 6.45) is 0. The minimum atomic E-state index is -0.347. The number of fused-ring (bicyclic) bond motifs is 1. The molecule has 0 aliphatic heterocycles. The van der Waals surface area contributed by atoms with E-state index in [1.54, 1.807) is 18.2 Å². The van der Waals surface area contributed by atoms with Crippen LogP contribution in [0.2, 0.25) is 5.02 Å². The molecule has 4 heteroatoms. The van der Waals surface area contributed by atoms with Crippen molar-refractivity contribution < 1.29 is 9.13 Å². The molecule has 0 amide bonds. The van der Waals surface area contributed by atoms with E-state index in [9.17, 15) is 4.39 Å². The molecular formula is C17H15ClFNO. The van der Waals surface area contributed by atoms with Crippen LogP contribution in [0.15, 0.2) is 48.5 Å². The topological polar surface area (TPSA) is 14.2 Å². The fourth-order valence-corrected chi connectivity index (χ4v) is 2.66. The summed E-state index contributed by atoms with van der Waals surface area (Å²) in [6.45, 7) is 3.19. The van der Waals surface area contributed by atoms with Crippen molar-refractivity contribution in [1.29, 1.82) is 0 Å². The third-order valence-corrected chi connectivity index (χ3v) is 3.72. The monoisotopic (exact) mass is 303 g/mol. The molecule has 1 heterocycles. The van der Waals surface area contributed by atoms with Gasteiger partial charge in [-0.1, -0.05) is 29.8 Å². The predicted molar refractivity (Wildman–Crippen MR) is 83.4 cm³/mol. The Hall–Kier alpha value is -2.00. The highest BCUT2D eigenvalue weighted by Gasteiger charge is 2.10. The van der Waals surface area contributed by atoms with Crippen molar-refractivity contribution in [1.82, 2.24) is 4.57 Å². The fourth-order valence-electron chi connectivity index (χ4n) is 2.49. The van der Waals surface area contributed by atoms with Gasteiger partial charge >= 0.3 is 0 Å². The average molecular weight is 304 g/mol. The second-order valence-electron chi connectivity index (χ2n) is 4.80. The summed E-state index contributed by atoms with van der Waals surface area (Å²) in [5.74, 6) is -0.0804. The smallest absolute Gasteiger partial charge is 0.165 e. The summed E-state index contributed by atoms with van der Waals surface area (Å²) in [4.78, 5) is 0. The maximum atomic E-state index is 13.6. The Bertz CT molecular complexity index is 782. The number of ether oxygens (including phenoxy) is 1. The second kappa shape index (κ2) is 5.78. The molecule has 0 spiro atoms. The lowest BCUT2D eigenvalue weighted by molar-refractivity contribution is 0.281. The zero-order valence-corrected chi connectivity index (χ0v) is 12.4. The molecule has 0 saturated heterocycles. The molecule has 3 rings (SSSR count). The molecule has 0 aliphatic rings. The van der Waals surface area contributed by atoms with Crippen LogP contribution in [0, 0.1) is 5.82 Å². The van der Waals surface area contributed by atoms with Crippen molar-refractivity contribution in [2.45, 2.75) is 20.1 Å². The first-order chi connectivity index (χ1) is 10.2. The van der Waals surface area contributed by atoms with Gasteiger partial charge in [-0.3, -0.25) is 0 Å². The van der Waals surface area contributed by atoms with Crippen molar-refractivity contribution in [2.24, 2.45) is 0 Å². The minimum Gasteiger partial charge on any atom is -0.484 e. The highest BCUT2D eigenvalue weighted by atomic mass is 35.5. The highest BCUT2D eigenvalue weighted by Crippen LogP contribution is 2.25. The lowest BCUT2D eigenvalue weighted by Gasteiger charge is -2.10. The molecule has 21 heavy (non-hydrogen) atoms. The Balaban J connectivity index is 1.92. The number of nitrogens with zero attached hydrogens (tertiary/aromatic N) is 1. The van der Waals surface area contributed by atoms with Crippen LogP contribution in [0.4, 0.5) is 4.39 Å². The second-order valence-corrected chi connectivity index (χ2v) is 5.24. The van der Waals surface area contributed by atoms with E-state index in [0.717, 1.165) is 23.1 Å². The van der Waals surface area contributed by atoms with Crippen LogP contribution in [0.1, 0.15) is 12.6 Å². The van der Waals surface area contributed by atoms with Gasteiger partial charge in [-0.15, -0.1) is 0 Å². The van der Waals surface area contributed by atoms with Gasteiger partial charge < -0.3 is 9.30 Å². The number of halogens is 2. The predicted octanol–water partition coefficient (Wildman–Crippen LogP) is 5.03. The molecule has 0 bridgehead atoms. The normalized spacial score (nSPS) is 11.0.